The summed E-state index contributed by atoms with van der Waals surface area (Å²) in [5.74, 6) is -0.399. The van der Waals surface area contributed by atoms with Gasteiger partial charge in [-0.25, -0.2) is 21.6 Å². The second-order valence-corrected chi connectivity index (χ2v) is 11.3. The van der Waals surface area contributed by atoms with E-state index in [1.807, 2.05) is 0 Å². The van der Waals surface area contributed by atoms with Gasteiger partial charge in [-0.3, -0.25) is 0 Å². The molecule has 2 saturated heterocycles. The monoisotopic (exact) mass is 421 g/mol. The second-order valence-electron chi connectivity index (χ2n) is 6.40. The van der Waals surface area contributed by atoms with Crippen LogP contribution in [0.1, 0.15) is 6.42 Å². The first-order chi connectivity index (χ1) is 12.2. The summed E-state index contributed by atoms with van der Waals surface area (Å²) in [5, 5.41) is 2.36. The first-order valence-corrected chi connectivity index (χ1v) is 11.9. The van der Waals surface area contributed by atoms with Gasteiger partial charge >= 0.3 is 6.03 Å². The van der Waals surface area contributed by atoms with Gasteiger partial charge in [0, 0.05) is 36.9 Å². The molecule has 26 heavy (non-hydrogen) atoms. The maximum atomic E-state index is 12.6. The zero-order valence-corrected chi connectivity index (χ0v) is 16.4. The largest absolute Gasteiger partial charge is 0.322 e. The number of piperazine rings is 1. The number of anilines is 1. The molecular weight excluding hydrogens is 402 g/mol. The highest BCUT2D eigenvalue weighted by atomic mass is 35.5. The van der Waals surface area contributed by atoms with Gasteiger partial charge < -0.3 is 10.2 Å². The summed E-state index contributed by atoms with van der Waals surface area (Å²) in [6, 6.07) is 6.43. The molecule has 0 spiro atoms. The van der Waals surface area contributed by atoms with Gasteiger partial charge in [-0.1, -0.05) is 17.7 Å². The Balaban J connectivity index is 1.58. The number of sulfone groups is 1. The molecule has 8 nitrogen and oxygen atoms in total. The number of hydrogen-bond donors (Lipinski definition) is 1. The number of rotatable bonds is 3. The Morgan fingerprint density at radius 2 is 1.88 bits per heavy atom. The highest BCUT2D eigenvalue weighted by Crippen LogP contribution is 2.23. The van der Waals surface area contributed by atoms with Gasteiger partial charge in [0.15, 0.2) is 9.84 Å². The molecule has 2 amide bonds. The fraction of sp³-hybridized carbons (Fsp3) is 0.533. The van der Waals surface area contributed by atoms with Crippen LogP contribution in [0.3, 0.4) is 0 Å². The van der Waals surface area contributed by atoms with Gasteiger partial charge in [-0.15, -0.1) is 0 Å². The minimum Gasteiger partial charge on any atom is -0.322 e. The standard InChI is InChI=1S/C15H20ClN3O5S2/c16-12-2-1-3-13(10-12)17-15(20)18-5-7-19(8-6-18)26(23,24)14-4-9-25(21,22)11-14/h1-3,10,14H,4-9,11H2,(H,17,20). The Bertz CT molecular complexity index is 896. The van der Waals surface area contributed by atoms with E-state index in [0.29, 0.717) is 10.7 Å². The van der Waals surface area contributed by atoms with Crippen molar-refractivity contribution >= 4 is 43.2 Å². The van der Waals surface area contributed by atoms with Crippen molar-refractivity contribution in [2.75, 3.05) is 43.0 Å². The quantitative estimate of drug-likeness (QED) is 0.784. The topological polar surface area (TPSA) is 104 Å². The highest BCUT2D eigenvalue weighted by Gasteiger charge is 2.41. The maximum absolute atomic E-state index is 12.6. The number of nitrogens with one attached hydrogen (secondary N) is 1. The third-order valence-electron chi connectivity index (χ3n) is 4.57. The van der Waals surface area contributed by atoms with E-state index in [4.69, 9.17) is 11.6 Å². The van der Waals surface area contributed by atoms with Crippen LogP contribution >= 0.6 is 11.6 Å². The van der Waals surface area contributed by atoms with Crippen LogP contribution < -0.4 is 5.32 Å². The van der Waals surface area contributed by atoms with Crippen molar-refractivity contribution in [2.45, 2.75) is 11.7 Å². The van der Waals surface area contributed by atoms with E-state index in [0.717, 1.165) is 0 Å². The molecular formula is C15H20ClN3O5S2. The fourth-order valence-corrected chi connectivity index (χ4v) is 7.82. The average Bonchev–Trinajstić information content (AvgIpc) is 2.96. The van der Waals surface area contributed by atoms with Crippen molar-refractivity contribution < 1.29 is 21.6 Å². The van der Waals surface area contributed by atoms with E-state index in [1.54, 1.807) is 24.3 Å². The number of hydrogen-bond acceptors (Lipinski definition) is 5. The van der Waals surface area contributed by atoms with Crippen molar-refractivity contribution in [2.24, 2.45) is 0 Å². The highest BCUT2D eigenvalue weighted by molar-refractivity contribution is 7.95. The lowest BCUT2D eigenvalue weighted by Gasteiger charge is -2.35. The number of benzene rings is 1. The summed E-state index contributed by atoms with van der Waals surface area (Å²) in [7, 11) is -6.94. The van der Waals surface area contributed by atoms with Crippen molar-refractivity contribution in [1.29, 1.82) is 0 Å². The zero-order valence-electron chi connectivity index (χ0n) is 14.0. The van der Waals surface area contributed by atoms with E-state index in [-0.39, 0.29) is 50.1 Å². The second kappa shape index (κ2) is 7.34. The number of carbonyl (C=O) groups is 1. The molecule has 11 heteroatoms. The minimum atomic E-state index is -3.67. The summed E-state index contributed by atoms with van der Waals surface area (Å²) in [6.45, 7) is 0.792. The van der Waals surface area contributed by atoms with Crippen molar-refractivity contribution in [3.63, 3.8) is 0 Å². The molecule has 0 bridgehead atoms. The van der Waals surface area contributed by atoms with Gasteiger partial charge in [0.05, 0.1) is 16.8 Å². The number of nitrogens with zero attached hydrogens (tertiary/aromatic N) is 2. The number of halogens is 1. The summed E-state index contributed by atoms with van der Waals surface area (Å²) in [5.41, 5.74) is 0.564. The molecule has 1 atom stereocenters. The predicted molar refractivity (Wildman–Crippen MR) is 99.6 cm³/mol. The lowest BCUT2D eigenvalue weighted by atomic mass is 10.3. The van der Waals surface area contributed by atoms with Crippen molar-refractivity contribution in [3.05, 3.63) is 29.3 Å². The summed E-state index contributed by atoms with van der Waals surface area (Å²) < 4.78 is 49.6. The van der Waals surface area contributed by atoms with Gasteiger partial charge in [-0.2, -0.15) is 4.31 Å². The van der Waals surface area contributed by atoms with E-state index >= 15 is 0 Å². The molecule has 0 aliphatic carbocycles. The molecule has 0 saturated carbocycles. The molecule has 2 fully saturated rings. The Morgan fingerprint density at radius 3 is 2.46 bits per heavy atom. The van der Waals surface area contributed by atoms with Crippen LogP contribution in [-0.2, 0) is 19.9 Å². The van der Waals surface area contributed by atoms with Gasteiger partial charge in [0.1, 0.15) is 0 Å². The number of urea groups is 1. The SMILES string of the molecule is O=C(Nc1cccc(Cl)c1)N1CCN(S(=O)(=O)C2CCS(=O)(=O)C2)CC1. The van der Waals surface area contributed by atoms with Crippen molar-refractivity contribution in [3.8, 4) is 0 Å². The smallest absolute Gasteiger partial charge is 0.321 e. The lowest BCUT2D eigenvalue weighted by molar-refractivity contribution is 0.184. The summed E-state index contributed by atoms with van der Waals surface area (Å²) in [6.07, 6.45) is 0.139. The lowest BCUT2D eigenvalue weighted by Crippen LogP contribution is -2.53. The summed E-state index contributed by atoms with van der Waals surface area (Å²) in [4.78, 5) is 13.8. The Morgan fingerprint density at radius 1 is 1.19 bits per heavy atom. The number of sulfonamides is 1. The van der Waals surface area contributed by atoms with Crippen LogP contribution in [-0.4, -0.2) is 75.0 Å². The molecule has 1 aromatic carbocycles. The Kier molecular flexibility index (Phi) is 5.48. The summed E-state index contributed by atoms with van der Waals surface area (Å²) >= 11 is 5.88. The zero-order chi connectivity index (χ0) is 18.9. The van der Waals surface area contributed by atoms with Gasteiger partial charge in [0.25, 0.3) is 0 Å². The van der Waals surface area contributed by atoms with Gasteiger partial charge in [0.2, 0.25) is 10.0 Å². The predicted octanol–water partition coefficient (Wildman–Crippen LogP) is 1.01. The first-order valence-electron chi connectivity index (χ1n) is 8.18. The van der Waals surface area contributed by atoms with E-state index in [1.165, 1.54) is 9.21 Å². The van der Waals surface area contributed by atoms with Gasteiger partial charge in [-0.05, 0) is 24.6 Å². The van der Waals surface area contributed by atoms with Crippen LogP contribution in [0.4, 0.5) is 10.5 Å². The molecule has 1 aromatic rings. The maximum Gasteiger partial charge on any atom is 0.321 e. The van der Waals surface area contributed by atoms with Crippen LogP contribution in [0, 0.1) is 0 Å². The van der Waals surface area contributed by atoms with Crippen LogP contribution in [0.25, 0.3) is 0 Å². The molecule has 1 unspecified atom stereocenters. The van der Waals surface area contributed by atoms with Crippen LogP contribution in [0.5, 0.6) is 0 Å². The molecule has 2 aliphatic heterocycles. The molecule has 2 aliphatic rings. The number of amides is 2. The molecule has 2 heterocycles. The van der Waals surface area contributed by atoms with E-state index < -0.39 is 25.1 Å². The molecule has 144 valence electrons. The normalized spacial score (nSPS) is 23.7. The third-order valence-corrected chi connectivity index (χ3v) is 9.12. The average molecular weight is 422 g/mol. The fourth-order valence-electron chi connectivity index (χ4n) is 3.12. The third kappa shape index (κ3) is 4.30. The van der Waals surface area contributed by atoms with Crippen LogP contribution in [0.15, 0.2) is 24.3 Å². The van der Waals surface area contributed by atoms with Crippen molar-refractivity contribution in [1.82, 2.24) is 9.21 Å². The molecule has 3 rings (SSSR count). The molecule has 0 aromatic heterocycles. The molecule has 1 N–H and O–H groups in total. The Labute approximate surface area is 158 Å². The van der Waals surface area contributed by atoms with E-state index in [9.17, 15) is 21.6 Å². The minimum absolute atomic E-state index is 0.0844. The van der Waals surface area contributed by atoms with E-state index in [2.05, 4.69) is 5.32 Å². The first kappa shape index (κ1) is 19.4. The number of carbonyl (C=O) groups excluding carboxylic acids is 1. The van der Waals surface area contributed by atoms with Crippen LogP contribution in [0.2, 0.25) is 5.02 Å². The Hall–Kier alpha value is -1.36. The molecule has 0 radical (unpaired) electrons.